The largest absolute Gasteiger partial charge is 0.382 e. The molecule has 0 aromatic rings. The van der Waals surface area contributed by atoms with Gasteiger partial charge in [-0.1, -0.05) is 13.3 Å². The Labute approximate surface area is 116 Å². The van der Waals surface area contributed by atoms with Crippen LogP contribution in [0.1, 0.15) is 51.9 Å². The van der Waals surface area contributed by atoms with Crippen LogP contribution in [0.25, 0.3) is 0 Å². The molecule has 4 heteroatoms. The molecule has 2 rings (SSSR count). The van der Waals surface area contributed by atoms with Crippen LogP contribution in [0, 0.1) is 0 Å². The number of carbonyl (C=O) groups excluding carboxylic acids is 1. The third-order valence-electron chi connectivity index (χ3n) is 4.45. The Morgan fingerprint density at radius 3 is 2.95 bits per heavy atom. The third-order valence-corrected chi connectivity index (χ3v) is 4.45. The lowest BCUT2D eigenvalue weighted by molar-refractivity contribution is -0.140. The number of methoxy groups -OCH3 is 1. The highest BCUT2D eigenvalue weighted by molar-refractivity contribution is 5.78. The van der Waals surface area contributed by atoms with Gasteiger partial charge in [-0.15, -0.1) is 0 Å². The van der Waals surface area contributed by atoms with Gasteiger partial charge < -0.3 is 14.4 Å². The number of hydrogen-bond acceptors (Lipinski definition) is 3. The maximum Gasteiger partial charge on any atom is 0.225 e. The van der Waals surface area contributed by atoms with E-state index >= 15 is 0 Å². The molecule has 19 heavy (non-hydrogen) atoms. The van der Waals surface area contributed by atoms with Crippen molar-refractivity contribution < 1.29 is 14.3 Å². The topological polar surface area (TPSA) is 38.8 Å². The number of nitrogens with zero attached hydrogens (tertiary/aromatic N) is 1. The van der Waals surface area contributed by atoms with Gasteiger partial charge >= 0.3 is 0 Å². The fourth-order valence-corrected chi connectivity index (χ4v) is 3.65. The van der Waals surface area contributed by atoms with E-state index in [9.17, 15) is 4.79 Å². The van der Waals surface area contributed by atoms with Gasteiger partial charge in [0.15, 0.2) is 0 Å². The summed E-state index contributed by atoms with van der Waals surface area (Å²) in [6, 6.07) is 0. The monoisotopic (exact) mass is 269 g/mol. The number of ether oxygens (including phenoxy) is 2. The lowest BCUT2D eigenvalue weighted by Crippen LogP contribution is -2.51. The van der Waals surface area contributed by atoms with Gasteiger partial charge in [0.25, 0.3) is 0 Å². The van der Waals surface area contributed by atoms with Crippen molar-refractivity contribution in [3.05, 3.63) is 0 Å². The molecule has 2 aliphatic heterocycles. The number of rotatable bonds is 6. The second-order valence-corrected chi connectivity index (χ2v) is 5.90. The first-order valence-electron chi connectivity index (χ1n) is 7.63. The second kappa shape index (κ2) is 6.71. The van der Waals surface area contributed by atoms with E-state index in [2.05, 4.69) is 11.8 Å². The third kappa shape index (κ3) is 3.29. The SMILES string of the molecule is CCC[C@@]1(COC)CCCN1C(=O)C[C@@H]1CCCO1. The zero-order valence-electron chi connectivity index (χ0n) is 12.3. The summed E-state index contributed by atoms with van der Waals surface area (Å²) >= 11 is 0. The molecule has 2 aliphatic rings. The van der Waals surface area contributed by atoms with E-state index < -0.39 is 0 Å². The van der Waals surface area contributed by atoms with Crippen molar-refractivity contribution in [1.82, 2.24) is 4.90 Å². The van der Waals surface area contributed by atoms with Crippen LogP contribution in [0.4, 0.5) is 0 Å². The molecule has 0 aliphatic carbocycles. The van der Waals surface area contributed by atoms with Gasteiger partial charge in [-0.2, -0.15) is 0 Å². The Hall–Kier alpha value is -0.610. The van der Waals surface area contributed by atoms with Crippen LogP contribution >= 0.6 is 0 Å². The van der Waals surface area contributed by atoms with Gasteiger partial charge in [0, 0.05) is 20.3 Å². The Morgan fingerprint density at radius 1 is 1.47 bits per heavy atom. The van der Waals surface area contributed by atoms with Crippen molar-refractivity contribution in [3.63, 3.8) is 0 Å². The van der Waals surface area contributed by atoms with E-state index in [1.807, 2.05) is 0 Å². The van der Waals surface area contributed by atoms with Crippen LogP contribution in [0.15, 0.2) is 0 Å². The summed E-state index contributed by atoms with van der Waals surface area (Å²) in [4.78, 5) is 14.6. The van der Waals surface area contributed by atoms with Crippen molar-refractivity contribution >= 4 is 5.91 Å². The Kier molecular flexibility index (Phi) is 5.22. The maximum atomic E-state index is 12.6. The molecule has 1 amide bonds. The molecule has 0 aromatic heterocycles. The standard InChI is InChI=1S/C15H27NO3/c1-3-7-15(12-18-2)8-5-9-16(15)14(17)11-13-6-4-10-19-13/h13H,3-12H2,1-2H3/t13-,15-/m0/s1. The minimum atomic E-state index is -0.0564. The molecule has 0 unspecified atom stereocenters. The minimum absolute atomic E-state index is 0.0564. The normalized spacial score (nSPS) is 31.1. The Bertz CT molecular complexity index is 294. The first kappa shape index (κ1) is 14.8. The smallest absolute Gasteiger partial charge is 0.225 e. The number of amides is 1. The van der Waals surface area contributed by atoms with Crippen molar-refractivity contribution in [2.24, 2.45) is 0 Å². The molecule has 0 N–H and O–H groups in total. The van der Waals surface area contributed by atoms with E-state index in [-0.39, 0.29) is 17.6 Å². The van der Waals surface area contributed by atoms with E-state index in [1.165, 1.54) is 0 Å². The lowest BCUT2D eigenvalue weighted by atomic mass is 9.91. The molecular weight excluding hydrogens is 242 g/mol. The van der Waals surface area contributed by atoms with Crippen molar-refractivity contribution in [2.45, 2.75) is 63.5 Å². The molecule has 2 atom stereocenters. The molecule has 2 fully saturated rings. The van der Waals surface area contributed by atoms with E-state index in [4.69, 9.17) is 9.47 Å². The highest BCUT2D eigenvalue weighted by Gasteiger charge is 2.43. The first-order valence-corrected chi connectivity index (χ1v) is 7.63. The number of likely N-dealkylation sites (tertiary alicyclic amines) is 1. The molecular formula is C15H27NO3. The van der Waals surface area contributed by atoms with E-state index in [0.717, 1.165) is 51.7 Å². The minimum Gasteiger partial charge on any atom is -0.382 e. The van der Waals surface area contributed by atoms with Crippen LogP contribution in [-0.2, 0) is 14.3 Å². The predicted molar refractivity (Wildman–Crippen MR) is 74.1 cm³/mol. The molecule has 110 valence electrons. The summed E-state index contributed by atoms with van der Waals surface area (Å²) in [5.74, 6) is 0.259. The molecule has 2 heterocycles. The highest BCUT2D eigenvalue weighted by atomic mass is 16.5. The van der Waals surface area contributed by atoms with Gasteiger partial charge in [0.2, 0.25) is 5.91 Å². The Balaban J connectivity index is 2.00. The van der Waals surface area contributed by atoms with Crippen LogP contribution in [-0.4, -0.2) is 49.3 Å². The molecule has 4 nitrogen and oxygen atoms in total. The lowest BCUT2D eigenvalue weighted by Gasteiger charge is -2.38. The van der Waals surface area contributed by atoms with Gasteiger partial charge in [-0.25, -0.2) is 0 Å². The van der Waals surface area contributed by atoms with Gasteiger partial charge in [0.05, 0.1) is 24.7 Å². The molecule has 0 bridgehead atoms. The zero-order chi connectivity index (χ0) is 13.7. The predicted octanol–water partition coefficient (Wildman–Crippen LogP) is 2.36. The average Bonchev–Trinajstić information content (AvgIpc) is 3.00. The van der Waals surface area contributed by atoms with Gasteiger partial charge in [-0.3, -0.25) is 4.79 Å². The summed E-state index contributed by atoms with van der Waals surface area (Å²) in [5, 5.41) is 0. The van der Waals surface area contributed by atoms with Crippen molar-refractivity contribution in [1.29, 1.82) is 0 Å². The first-order chi connectivity index (χ1) is 9.22. The van der Waals surface area contributed by atoms with Crippen LogP contribution < -0.4 is 0 Å². The maximum absolute atomic E-state index is 12.6. The molecule has 0 spiro atoms. The fraction of sp³-hybridized carbons (Fsp3) is 0.933. The van der Waals surface area contributed by atoms with Crippen molar-refractivity contribution in [2.75, 3.05) is 26.9 Å². The van der Waals surface area contributed by atoms with Crippen LogP contribution in [0.2, 0.25) is 0 Å². The summed E-state index contributed by atoms with van der Waals surface area (Å²) in [6.45, 7) is 4.54. The fourth-order valence-electron chi connectivity index (χ4n) is 3.65. The zero-order valence-corrected chi connectivity index (χ0v) is 12.3. The highest BCUT2D eigenvalue weighted by Crippen LogP contribution is 2.35. The summed E-state index contributed by atoms with van der Waals surface area (Å²) < 4.78 is 11.0. The number of hydrogen-bond donors (Lipinski definition) is 0. The van der Waals surface area contributed by atoms with E-state index in [0.29, 0.717) is 13.0 Å². The van der Waals surface area contributed by atoms with E-state index in [1.54, 1.807) is 7.11 Å². The Morgan fingerprint density at radius 2 is 2.32 bits per heavy atom. The molecule has 0 saturated carbocycles. The summed E-state index contributed by atoms with van der Waals surface area (Å²) in [6.07, 6.45) is 7.13. The molecule has 0 aromatic carbocycles. The summed E-state index contributed by atoms with van der Waals surface area (Å²) in [5.41, 5.74) is -0.0564. The van der Waals surface area contributed by atoms with Crippen molar-refractivity contribution in [3.8, 4) is 0 Å². The molecule has 2 saturated heterocycles. The van der Waals surface area contributed by atoms with Gasteiger partial charge in [-0.05, 0) is 32.1 Å². The van der Waals surface area contributed by atoms with Crippen LogP contribution in [0.5, 0.6) is 0 Å². The quantitative estimate of drug-likeness (QED) is 0.743. The van der Waals surface area contributed by atoms with Crippen LogP contribution in [0.3, 0.4) is 0 Å². The number of carbonyl (C=O) groups is 1. The summed E-state index contributed by atoms with van der Waals surface area (Å²) in [7, 11) is 1.73. The molecule has 0 radical (unpaired) electrons. The second-order valence-electron chi connectivity index (χ2n) is 5.90. The average molecular weight is 269 g/mol. The van der Waals surface area contributed by atoms with Gasteiger partial charge in [0.1, 0.15) is 0 Å².